The van der Waals surface area contributed by atoms with Gasteiger partial charge in [0.15, 0.2) is 0 Å². The van der Waals surface area contributed by atoms with E-state index in [1.165, 1.54) is 36.8 Å². The third-order valence-electron chi connectivity index (χ3n) is 4.29. The van der Waals surface area contributed by atoms with Gasteiger partial charge in [0.25, 0.3) is 0 Å². The number of pyridine rings is 2. The Kier molecular flexibility index (Phi) is 5.73. The average Bonchev–Trinajstić information content (AvgIpc) is 2.63. The molecule has 122 valence electrons. The minimum atomic E-state index is 1.03. The van der Waals surface area contributed by atoms with Crippen LogP contribution in [-0.4, -0.2) is 9.97 Å². The van der Waals surface area contributed by atoms with E-state index >= 15 is 0 Å². The molecule has 0 bridgehead atoms. The fourth-order valence-corrected chi connectivity index (χ4v) is 2.97. The lowest BCUT2D eigenvalue weighted by molar-refractivity contribution is 0.678. The van der Waals surface area contributed by atoms with Gasteiger partial charge >= 0.3 is 0 Å². The van der Waals surface area contributed by atoms with Crippen LogP contribution in [0.25, 0.3) is 11.3 Å². The lowest BCUT2D eigenvalue weighted by atomic mass is 10.0. The summed E-state index contributed by atoms with van der Waals surface area (Å²) < 4.78 is 0. The molecular formula is C22H24N2. The van der Waals surface area contributed by atoms with Crippen molar-refractivity contribution in [3.05, 3.63) is 83.8 Å². The van der Waals surface area contributed by atoms with Crippen molar-refractivity contribution in [2.24, 2.45) is 0 Å². The van der Waals surface area contributed by atoms with E-state index < -0.39 is 0 Å². The number of hydrogen-bond donors (Lipinski definition) is 0. The third kappa shape index (κ3) is 4.76. The Morgan fingerprint density at radius 2 is 1.46 bits per heavy atom. The molecule has 0 aliphatic rings. The van der Waals surface area contributed by atoms with Crippen molar-refractivity contribution >= 4 is 0 Å². The Hall–Kier alpha value is -2.48. The predicted octanol–water partition coefficient (Wildman–Crippen LogP) is 5.41. The second-order valence-corrected chi connectivity index (χ2v) is 6.28. The molecule has 1 aromatic carbocycles. The molecule has 3 aromatic rings. The number of nitrogens with zero attached hydrogens (tertiary/aromatic N) is 2. The van der Waals surface area contributed by atoms with E-state index in [4.69, 9.17) is 0 Å². The summed E-state index contributed by atoms with van der Waals surface area (Å²) >= 11 is 0. The van der Waals surface area contributed by atoms with Crippen LogP contribution in [-0.2, 0) is 12.8 Å². The van der Waals surface area contributed by atoms with Crippen molar-refractivity contribution in [3.63, 3.8) is 0 Å². The summed E-state index contributed by atoms with van der Waals surface area (Å²) in [6.07, 6.45) is 9.82. The zero-order chi connectivity index (χ0) is 16.6. The first kappa shape index (κ1) is 16.4. The van der Waals surface area contributed by atoms with Gasteiger partial charge < -0.3 is 0 Å². The van der Waals surface area contributed by atoms with Crippen LogP contribution < -0.4 is 0 Å². The van der Waals surface area contributed by atoms with Crippen molar-refractivity contribution in [3.8, 4) is 11.3 Å². The summed E-state index contributed by atoms with van der Waals surface area (Å²) in [7, 11) is 0. The topological polar surface area (TPSA) is 25.8 Å². The number of aryl methyl sites for hydroxylation is 3. The quantitative estimate of drug-likeness (QED) is 0.545. The molecule has 3 rings (SSSR count). The van der Waals surface area contributed by atoms with E-state index in [9.17, 15) is 0 Å². The third-order valence-corrected chi connectivity index (χ3v) is 4.29. The van der Waals surface area contributed by atoms with Gasteiger partial charge in [0.05, 0.1) is 5.69 Å². The standard InChI is InChI=1S/C22H24N2/c1-18-16-21(13-15-23-18)22-17-20(12-14-24-22)11-7-3-6-10-19-8-4-2-5-9-19/h2,4-5,8-9,12-17H,3,6-7,10-11H2,1H3. The summed E-state index contributed by atoms with van der Waals surface area (Å²) in [5.74, 6) is 0. The van der Waals surface area contributed by atoms with Gasteiger partial charge in [-0.2, -0.15) is 0 Å². The predicted molar refractivity (Wildman–Crippen MR) is 99.9 cm³/mol. The van der Waals surface area contributed by atoms with Crippen molar-refractivity contribution in [1.29, 1.82) is 0 Å². The Morgan fingerprint density at radius 1 is 0.708 bits per heavy atom. The maximum atomic E-state index is 4.51. The van der Waals surface area contributed by atoms with E-state index in [2.05, 4.69) is 58.5 Å². The highest BCUT2D eigenvalue weighted by Crippen LogP contribution is 2.19. The zero-order valence-corrected chi connectivity index (χ0v) is 14.3. The number of rotatable bonds is 7. The molecule has 2 nitrogen and oxygen atoms in total. The number of unbranched alkanes of at least 4 members (excludes halogenated alkanes) is 2. The molecular weight excluding hydrogens is 292 g/mol. The monoisotopic (exact) mass is 316 g/mol. The van der Waals surface area contributed by atoms with Gasteiger partial charge in [-0.05, 0) is 68.0 Å². The highest BCUT2D eigenvalue weighted by atomic mass is 14.7. The zero-order valence-electron chi connectivity index (χ0n) is 14.3. The van der Waals surface area contributed by atoms with Crippen LogP contribution in [0.3, 0.4) is 0 Å². The maximum absolute atomic E-state index is 4.51. The van der Waals surface area contributed by atoms with Crippen LogP contribution in [0.5, 0.6) is 0 Å². The lowest BCUT2D eigenvalue weighted by Gasteiger charge is -2.06. The van der Waals surface area contributed by atoms with E-state index in [-0.39, 0.29) is 0 Å². The summed E-state index contributed by atoms with van der Waals surface area (Å²) in [5.41, 5.74) is 6.03. The molecule has 2 heterocycles. The van der Waals surface area contributed by atoms with Crippen molar-refractivity contribution < 1.29 is 0 Å². The summed E-state index contributed by atoms with van der Waals surface area (Å²) in [6.45, 7) is 2.01. The van der Waals surface area contributed by atoms with Crippen LogP contribution >= 0.6 is 0 Å². The first-order valence-electron chi connectivity index (χ1n) is 8.73. The van der Waals surface area contributed by atoms with Crippen molar-refractivity contribution in [2.75, 3.05) is 0 Å². The van der Waals surface area contributed by atoms with E-state index in [0.717, 1.165) is 23.4 Å². The minimum Gasteiger partial charge on any atom is -0.262 e. The second kappa shape index (κ2) is 8.39. The Labute approximate surface area is 144 Å². The van der Waals surface area contributed by atoms with Gasteiger partial charge in [-0.1, -0.05) is 36.8 Å². The Morgan fingerprint density at radius 3 is 2.25 bits per heavy atom. The molecule has 2 aromatic heterocycles. The first-order valence-corrected chi connectivity index (χ1v) is 8.73. The van der Waals surface area contributed by atoms with Crippen LogP contribution in [0.15, 0.2) is 67.0 Å². The number of benzene rings is 1. The number of hydrogen-bond acceptors (Lipinski definition) is 2. The molecule has 0 aliphatic carbocycles. The molecule has 24 heavy (non-hydrogen) atoms. The Balaban J connectivity index is 1.50. The molecule has 0 fully saturated rings. The molecule has 0 aliphatic heterocycles. The van der Waals surface area contributed by atoms with Gasteiger partial charge in [-0.3, -0.25) is 9.97 Å². The average molecular weight is 316 g/mol. The maximum Gasteiger partial charge on any atom is 0.0705 e. The molecule has 0 saturated heterocycles. The molecule has 2 heteroatoms. The molecule has 0 atom stereocenters. The van der Waals surface area contributed by atoms with Gasteiger partial charge in [-0.25, -0.2) is 0 Å². The molecule has 0 spiro atoms. The van der Waals surface area contributed by atoms with Gasteiger partial charge in [0.2, 0.25) is 0 Å². The highest BCUT2D eigenvalue weighted by molar-refractivity contribution is 5.59. The summed E-state index contributed by atoms with van der Waals surface area (Å²) in [4.78, 5) is 8.76. The first-order chi connectivity index (χ1) is 11.8. The SMILES string of the molecule is Cc1cc(-c2cc(CCCCCc3ccccc3)ccn2)ccn1. The van der Waals surface area contributed by atoms with Crippen LogP contribution in [0.4, 0.5) is 0 Å². The molecule has 0 N–H and O–H groups in total. The summed E-state index contributed by atoms with van der Waals surface area (Å²) in [6, 6.07) is 19.2. The van der Waals surface area contributed by atoms with Crippen LogP contribution in [0.2, 0.25) is 0 Å². The van der Waals surface area contributed by atoms with Crippen LogP contribution in [0.1, 0.15) is 36.1 Å². The highest BCUT2D eigenvalue weighted by Gasteiger charge is 2.02. The van der Waals surface area contributed by atoms with E-state index in [0.29, 0.717) is 0 Å². The van der Waals surface area contributed by atoms with Gasteiger partial charge in [0, 0.05) is 23.7 Å². The van der Waals surface area contributed by atoms with Gasteiger partial charge in [0.1, 0.15) is 0 Å². The smallest absolute Gasteiger partial charge is 0.0705 e. The molecule has 0 unspecified atom stereocenters. The van der Waals surface area contributed by atoms with E-state index in [1.54, 1.807) is 0 Å². The number of aromatic nitrogens is 2. The molecule has 0 saturated carbocycles. The van der Waals surface area contributed by atoms with E-state index in [1.807, 2.05) is 25.4 Å². The molecule has 0 radical (unpaired) electrons. The fraction of sp³-hybridized carbons (Fsp3) is 0.273. The minimum absolute atomic E-state index is 1.03. The largest absolute Gasteiger partial charge is 0.262 e. The van der Waals surface area contributed by atoms with Crippen LogP contribution in [0, 0.1) is 6.92 Å². The molecule has 0 amide bonds. The summed E-state index contributed by atoms with van der Waals surface area (Å²) in [5, 5.41) is 0. The van der Waals surface area contributed by atoms with Crippen molar-refractivity contribution in [1.82, 2.24) is 9.97 Å². The second-order valence-electron chi connectivity index (χ2n) is 6.28. The van der Waals surface area contributed by atoms with Crippen molar-refractivity contribution in [2.45, 2.75) is 39.0 Å². The fourth-order valence-electron chi connectivity index (χ4n) is 2.97. The normalized spacial score (nSPS) is 10.7. The lowest BCUT2D eigenvalue weighted by Crippen LogP contribution is -1.92. The Bertz CT molecular complexity index is 766. The van der Waals surface area contributed by atoms with Gasteiger partial charge in [-0.15, -0.1) is 0 Å².